The van der Waals surface area contributed by atoms with Crippen molar-refractivity contribution in [3.05, 3.63) is 81.8 Å². The van der Waals surface area contributed by atoms with Crippen LogP contribution in [0.15, 0.2) is 81.8 Å². The van der Waals surface area contributed by atoms with Crippen LogP contribution in [-0.2, 0) is 21.2 Å². The first-order valence-corrected chi connectivity index (χ1v) is 36.9. The summed E-state index contributed by atoms with van der Waals surface area (Å²) in [6, 6.07) is 1.20. The fourth-order valence-corrected chi connectivity index (χ4v) is 26.7. The van der Waals surface area contributed by atoms with Gasteiger partial charge in [-0.15, -0.1) is 0 Å². The molecule has 19 atom stereocenters. The zero-order valence-corrected chi connectivity index (χ0v) is 50.7. The highest BCUT2D eigenvalue weighted by molar-refractivity contribution is 8.00. The van der Waals surface area contributed by atoms with E-state index >= 15 is 0 Å². The zero-order valence-electron chi connectivity index (χ0n) is 48.2. The fraction of sp³-hybridized carbons (Fsp3) is 0.797. The number of ether oxygens (including phenoxy) is 2. The van der Waals surface area contributed by atoms with Crippen molar-refractivity contribution >= 4 is 35.3 Å². The summed E-state index contributed by atoms with van der Waals surface area (Å²) in [6.45, 7) is 2.34. The van der Waals surface area contributed by atoms with Crippen LogP contribution in [0, 0.1) is 64.6 Å². The molecule has 0 amide bonds. The Morgan fingerprint density at radius 1 is 0.684 bits per heavy atom. The molecule has 432 valence electrons. The molecular weight excluding hydrogens is 1040 g/mol. The second-order valence-electron chi connectivity index (χ2n) is 28.4. The minimum atomic E-state index is -4.18. The molecule has 0 aromatic carbocycles. The summed E-state index contributed by atoms with van der Waals surface area (Å²) < 4.78 is 58.9. The molecule has 0 aromatic rings. The highest BCUT2D eigenvalue weighted by atomic mass is 32.2. The first-order chi connectivity index (χ1) is 38.7. The molecule has 15 aliphatic rings. The quantitative estimate of drug-likeness (QED) is 0.130. The lowest BCUT2D eigenvalue weighted by Crippen LogP contribution is -2.61. The number of halogens is 3. The van der Waals surface area contributed by atoms with Gasteiger partial charge in [0.15, 0.2) is 5.25 Å². The monoisotopic (exact) mass is 1140 g/mol. The normalized spacial score (nSPS) is 44.5. The van der Waals surface area contributed by atoms with Crippen molar-refractivity contribution in [2.45, 2.75) is 263 Å². The number of rotatable bonds is 9. The minimum Gasteiger partial charge on any atom is -0.487 e. The molecule has 3 aliphatic heterocycles. The molecule has 4 nitrogen and oxygen atoms in total. The van der Waals surface area contributed by atoms with Gasteiger partial charge in [-0.3, -0.25) is 4.90 Å². The van der Waals surface area contributed by atoms with Crippen LogP contribution < -0.4 is 0 Å². The lowest BCUT2D eigenvalue weighted by molar-refractivity contribution is -0.165. The second-order valence-corrected chi connectivity index (χ2v) is 32.4. The third-order valence-corrected chi connectivity index (χ3v) is 29.2. The van der Waals surface area contributed by atoms with Gasteiger partial charge in [0, 0.05) is 58.6 Å². The van der Waals surface area contributed by atoms with Gasteiger partial charge < -0.3 is 14.4 Å². The Bertz CT molecular complexity index is 2540. The molecule has 79 heavy (non-hydrogen) atoms. The van der Waals surface area contributed by atoms with Gasteiger partial charge in [0.05, 0.1) is 23.1 Å². The van der Waals surface area contributed by atoms with Crippen LogP contribution in [0.2, 0.25) is 0 Å². The molecule has 1 spiro atoms. The van der Waals surface area contributed by atoms with Gasteiger partial charge in [0.2, 0.25) is 0 Å². The molecule has 5 saturated carbocycles. The third kappa shape index (κ3) is 8.94. The van der Waals surface area contributed by atoms with E-state index in [1.807, 2.05) is 0 Å². The Balaban J connectivity index is 0.857. The molecule has 0 bridgehead atoms. The number of hydrogen-bond acceptors (Lipinski definition) is 6. The largest absolute Gasteiger partial charge is 0.487 e. The highest BCUT2D eigenvalue weighted by Crippen LogP contribution is 2.77. The van der Waals surface area contributed by atoms with E-state index in [-0.39, 0.29) is 30.0 Å². The van der Waals surface area contributed by atoms with E-state index in [9.17, 15) is 13.2 Å². The van der Waals surface area contributed by atoms with Gasteiger partial charge in [-0.05, 0) is 235 Å². The van der Waals surface area contributed by atoms with Gasteiger partial charge in [-0.25, -0.2) is 0 Å². The van der Waals surface area contributed by atoms with Gasteiger partial charge in [-0.2, -0.15) is 36.7 Å². The average molecular weight is 1140 g/mol. The predicted octanol–water partition coefficient (Wildman–Crippen LogP) is 17.5. The molecule has 3 heterocycles. The van der Waals surface area contributed by atoms with E-state index in [4.69, 9.17) is 9.47 Å². The third-order valence-electron chi connectivity index (χ3n) is 25.2. The zero-order chi connectivity index (χ0) is 53.1. The van der Waals surface area contributed by atoms with E-state index in [0.29, 0.717) is 81.6 Å². The lowest BCUT2D eigenvalue weighted by Gasteiger charge is -2.63. The molecule has 15 rings (SSSR count). The molecule has 12 aliphatic carbocycles. The summed E-state index contributed by atoms with van der Waals surface area (Å²) in [4.78, 5) is 6.12. The standard InChI is InChI=1S/C69H95F3N2O2S3/c1-3-78-62-32-16-24-50-48-22-14-28-57(65(48)76-67(50)62)74(42-17-5-4-6-18-42)58-40-55-63(46-20-8-7-19-45(46)58)51-38-37-44(39-54(51)68(55)52-25-9-11-29-59(52)79-60-30-12-10-26-53(60)68)73(43-35-33-41(34-36-43)69(70,71)72)56-27-13-21-47-49-23-15-31-61(77-2)66(49)75-64(47)56/h7,11,19,29,33,35,41-44,46-48,51-56,59-64H,3-6,8-10,12-18,20-28,30-32,34,36-40H2,1-2H3/p+1. The molecule has 0 radical (unpaired) electrons. The summed E-state index contributed by atoms with van der Waals surface area (Å²) in [5.41, 5.74) is 8.68. The maximum atomic E-state index is 14.6. The number of fused-ring (bicyclic) bond motifs is 15. The molecule has 1 saturated heterocycles. The molecule has 10 heteroatoms. The van der Waals surface area contributed by atoms with Gasteiger partial charge in [-0.1, -0.05) is 81.9 Å². The Hall–Kier alpha value is -1.62. The van der Waals surface area contributed by atoms with Crippen LogP contribution in [0.5, 0.6) is 0 Å². The van der Waals surface area contributed by atoms with E-state index in [2.05, 4.69) is 76.9 Å². The van der Waals surface area contributed by atoms with Crippen molar-refractivity contribution in [1.29, 1.82) is 0 Å². The Labute approximate surface area is 486 Å². The van der Waals surface area contributed by atoms with E-state index in [1.165, 1.54) is 202 Å². The van der Waals surface area contributed by atoms with Crippen molar-refractivity contribution in [3.8, 4) is 0 Å². The fourth-order valence-electron chi connectivity index (χ4n) is 22.7. The molecular formula is C69H96F3N2O2S3+. The van der Waals surface area contributed by atoms with E-state index in [1.54, 1.807) is 34.2 Å². The maximum Gasteiger partial charge on any atom is 0.395 e. The molecule has 19 unspecified atom stereocenters. The van der Waals surface area contributed by atoms with E-state index in [0.717, 1.165) is 29.8 Å². The predicted molar refractivity (Wildman–Crippen MR) is 322 cm³/mol. The van der Waals surface area contributed by atoms with Crippen molar-refractivity contribution in [2.24, 2.45) is 64.6 Å². The maximum absolute atomic E-state index is 14.6. The van der Waals surface area contributed by atoms with Crippen molar-refractivity contribution in [3.63, 3.8) is 0 Å². The average Bonchev–Trinajstić information content (AvgIpc) is 4.33. The molecule has 0 aromatic heterocycles. The second kappa shape index (κ2) is 22.0. The number of thiol groups is 1. The Morgan fingerprint density at radius 3 is 2.37 bits per heavy atom. The highest BCUT2D eigenvalue weighted by Gasteiger charge is 2.72. The van der Waals surface area contributed by atoms with Crippen LogP contribution in [0.4, 0.5) is 13.2 Å². The van der Waals surface area contributed by atoms with E-state index < -0.39 is 12.1 Å². The number of hydrogen-bond donors (Lipinski definition) is 0. The Kier molecular flexibility index (Phi) is 15.1. The van der Waals surface area contributed by atoms with Crippen molar-refractivity contribution in [2.75, 3.05) is 12.0 Å². The minimum absolute atomic E-state index is 0.0367. The number of thioether (sulfide) groups is 2. The first kappa shape index (κ1) is 54.1. The summed E-state index contributed by atoms with van der Waals surface area (Å²) in [5, 5.41) is 2.33. The smallest absolute Gasteiger partial charge is 0.395 e. The number of nitrogens with zero attached hydrogens (tertiary/aromatic N) is 2. The Morgan fingerprint density at radius 2 is 1.52 bits per heavy atom. The SMILES string of the molecule is CCSC1CCCC2=C1OC1=C(N(C3=C4C=CCCC4C4C5CCC(N(C6C=CC(C(F)(F)F)CC6)C6CCCC7C8=C(OC76)C([SH+]C)CCC8)CC5C5(C6CCC=CC6SC6CCCCC65)C4C3)C3CCCCC3)CCCC21. The van der Waals surface area contributed by atoms with Crippen LogP contribution in [-0.4, -0.2) is 79.3 Å². The summed E-state index contributed by atoms with van der Waals surface area (Å²) in [7, 11) is 0. The summed E-state index contributed by atoms with van der Waals surface area (Å²) in [5.74, 6) is 9.61. The van der Waals surface area contributed by atoms with Gasteiger partial charge >= 0.3 is 6.18 Å². The van der Waals surface area contributed by atoms with Crippen LogP contribution in [0.1, 0.15) is 206 Å². The van der Waals surface area contributed by atoms with Gasteiger partial charge in [0.1, 0.15) is 23.4 Å². The molecule has 0 N–H and O–H groups in total. The van der Waals surface area contributed by atoms with Crippen molar-refractivity contribution < 1.29 is 22.6 Å². The van der Waals surface area contributed by atoms with Crippen LogP contribution in [0.25, 0.3) is 0 Å². The number of alkyl halides is 3. The first-order valence-electron chi connectivity index (χ1n) is 33.5. The lowest BCUT2D eigenvalue weighted by atomic mass is 9.48. The molecule has 6 fully saturated rings. The van der Waals surface area contributed by atoms with Crippen LogP contribution in [0.3, 0.4) is 0 Å². The topological polar surface area (TPSA) is 24.9 Å². The summed E-state index contributed by atoms with van der Waals surface area (Å²) >= 11 is 5.98. The van der Waals surface area contributed by atoms with Gasteiger partial charge in [0.25, 0.3) is 0 Å². The summed E-state index contributed by atoms with van der Waals surface area (Å²) in [6.07, 6.45) is 50.3. The number of allylic oxidation sites excluding steroid dienone is 8. The van der Waals surface area contributed by atoms with Crippen molar-refractivity contribution in [1.82, 2.24) is 9.80 Å². The van der Waals surface area contributed by atoms with Crippen LogP contribution >= 0.6 is 23.5 Å².